The number of anilines is 1. The van der Waals surface area contributed by atoms with Gasteiger partial charge in [-0.2, -0.15) is 0 Å². The number of benzene rings is 2. The number of nitrogens with one attached hydrogen (secondary N) is 1. The van der Waals surface area contributed by atoms with Gasteiger partial charge in [-0.25, -0.2) is 29.2 Å². The average Bonchev–Trinajstić information content (AvgIpc) is 3.36. The van der Waals surface area contributed by atoms with Crippen molar-refractivity contribution in [3.8, 4) is 11.1 Å². The molecule has 2 saturated heterocycles. The molecule has 1 amide bonds. The van der Waals surface area contributed by atoms with Gasteiger partial charge in [0.2, 0.25) is 0 Å². The van der Waals surface area contributed by atoms with E-state index >= 15 is 13.2 Å². The van der Waals surface area contributed by atoms with Crippen LogP contribution >= 0.6 is 0 Å². The van der Waals surface area contributed by atoms with Crippen molar-refractivity contribution in [3.63, 3.8) is 0 Å². The zero-order valence-corrected chi connectivity index (χ0v) is 18.3. The van der Waals surface area contributed by atoms with E-state index in [2.05, 4.69) is 20.5 Å². The van der Waals surface area contributed by atoms with Crippen LogP contribution in [0.5, 0.6) is 0 Å². The van der Waals surface area contributed by atoms with Crippen LogP contribution in [0.2, 0.25) is 0 Å². The second kappa shape index (κ2) is 7.81. The molecule has 1 aliphatic carbocycles. The van der Waals surface area contributed by atoms with Gasteiger partial charge in [0.05, 0.1) is 36.8 Å². The predicted molar refractivity (Wildman–Crippen MR) is 118 cm³/mol. The van der Waals surface area contributed by atoms with Crippen molar-refractivity contribution in [2.45, 2.75) is 18.2 Å². The van der Waals surface area contributed by atoms with E-state index in [-0.39, 0.29) is 40.8 Å². The van der Waals surface area contributed by atoms with Crippen molar-refractivity contribution < 1.29 is 22.7 Å². The maximum atomic E-state index is 15.1. The second-order valence-electron chi connectivity index (χ2n) is 9.03. The van der Waals surface area contributed by atoms with Crippen LogP contribution in [0.15, 0.2) is 42.7 Å². The number of nitrogens with zero attached hydrogens (tertiary/aromatic N) is 5. The number of hydrogen-bond acceptors (Lipinski definition) is 5. The van der Waals surface area contributed by atoms with Crippen molar-refractivity contribution >= 4 is 11.8 Å². The van der Waals surface area contributed by atoms with Crippen molar-refractivity contribution in [2.75, 3.05) is 24.5 Å². The second-order valence-corrected chi connectivity index (χ2v) is 9.03. The average molecular weight is 480 g/mol. The first kappa shape index (κ1) is 21.6. The largest absolute Gasteiger partial charge is 0.442 e. The first-order valence-corrected chi connectivity index (χ1v) is 11.1. The number of aromatic nitrogens is 3. The minimum atomic E-state index is -1.20. The van der Waals surface area contributed by atoms with Gasteiger partial charge in [-0.15, -0.1) is 5.10 Å². The van der Waals surface area contributed by atoms with E-state index in [9.17, 15) is 4.79 Å². The van der Waals surface area contributed by atoms with Crippen LogP contribution in [0.4, 0.5) is 23.7 Å². The molecule has 3 heterocycles. The minimum absolute atomic E-state index is 0.0145. The van der Waals surface area contributed by atoms with Crippen LogP contribution in [-0.2, 0) is 16.8 Å². The molecule has 35 heavy (non-hydrogen) atoms. The Hall–Kier alpha value is -3.91. The first-order valence-electron chi connectivity index (χ1n) is 11.1. The van der Waals surface area contributed by atoms with Crippen molar-refractivity contribution in [3.05, 3.63) is 77.2 Å². The molecule has 3 fully saturated rings. The summed E-state index contributed by atoms with van der Waals surface area (Å²) in [6.45, 7) is 9.17. The zero-order chi connectivity index (χ0) is 24.3. The summed E-state index contributed by atoms with van der Waals surface area (Å²) in [5, 5.41) is 10.7. The highest BCUT2D eigenvalue weighted by atomic mass is 19.1. The summed E-state index contributed by atoms with van der Waals surface area (Å²) in [6, 6.07) is 6.15. The van der Waals surface area contributed by atoms with E-state index in [4.69, 9.17) is 11.3 Å². The Morgan fingerprint density at radius 3 is 2.51 bits per heavy atom. The molecule has 8 nitrogen and oxygen atoms in total. The summed E-state index contributed by atoms with van der Waals surface area (Å²) in [5.74, 6) is -2.70. The molecule has 1 unspecified atom stereocenters. The third-order valence-corrected chi connectivity index (χ3v) is 7.18. The molecular weight excluding hydrogens is 461 g/mol. The summed E-state index contributed by atoms with van der Waals surface area (Å²) in [7, 11) is 0. The fourth-order valence-electron chi connectivity index (χ4n) is 5.49. The highest BCUT2D eigenvalue weighted by Crippen LogP contribution is 2.63. The topological polar surface area (TPSA) is 76.6 Å². The van der Waals surface area contributed by atoms with E-state index in [1.807, 2.05) is 0 Å². The van der Waals surface area contributed by atoms with Gasteiger partial charge in [0.1, 0.15) is 29.1 Å². The Morgan fingerprint density at radius 1 is 1.14 bits per heavy atom. The Balaban J connectivity index is 1.26. The molecule has 2 aromatic carbocycles. The third kappa shape index (κ3) is 3.28. The molecule has 11 heteroatoms. The number of piperidine rings is 1. The van der Waals surface area contributed by atoms with Gasteiger partial charge in [-0.1, -0.05) is 5.21 Å². The van der Waals surface area contributed by atoms with Crippen LogP contribution in [-0.4, -0.2) is 46.8 Å². The molecule has 0 bridgehead atoms. The molecule has 178 valence electrons. The highest BCUT2D eigenvalue weighted by molar-refractivity contribution is 5.90. The Kier molecular flexibility index (Phi) is 4.82. The number of amides is 1. The maximum absolute atomic E-state index is 15.1. The van der Waals surface area contributed by atoms with Gasteiger partial charge >= 0.3 is 6.09 Å². The molecular formula is C24H19F3N6O2. The molecule has 1 N–H and O–H groups in total. The number of cyclic esters (lactones) is 1. The van der Waals surface area contributed by atoms with Gasteiger partial charge in [0, 0.05) is 24.8 Å². The molecule has 3 aliphatic rings. The number of rotatable bonds is 5. The molecule has 4 atom stereocenters. The summed E-state index contributed by atoms with van der Waals surface area (Å²) in [5.41, 5.74) is -1.16. The van der Waals surface area contributed by atoms with Crippen LogP contribution < -0.4 is 10.2 Å². The molecule has 1 saturated carbocycles. The normalized spacial score (nSPS) is 27.0. The number of ether oxygens (including phenoxy) is 1. The van der Waals surface area contributed by atoms with Crippen LogP contribution in [0.1, 0.15) is 5.56 Å². The monoisotopic (exact) mass is 480 g/mol. The Bertz CT molecular complexity index is 1340. The third-order valence-electron chi connectivity index (χ3n) is 7.18. The zero-order valence-electron chi connectivity index (χ0n) is 18.3. The number of carbonyl (C=O) groups is 1. The van der Waals surface area contributed by atoms with Gasteiger partial charge in [-0.3, -0.25) is 4.90 Å². The molecule has 2 aliphatic heterocycles. The van der Waals surface area contributed by atoms with E-state index in [1.54, 1.807) is 6.20 Å². The lowest BCUT2D eigenvalue weighted by atomic mass is 9.95. The fraction of sp³-hybridized carbons (Fsp3) is 0.333. The van der Waals surface area contributed by atoms with E-state index in [0.29, 0.717) is 19.6 Å². The highest BCUT2D eigenvalue weighted by Gasteiger charge is 2.77. The smallest absolute Gasteiger partial charge is 0.414 e. The minimum Gasteiger partial charge on any atom is -0.442 e. The lowest BCUT2D eigenvalue weighted by Crippen LogP contribution is -2.26. The van der Waals surface area contributed by atoms with Crippen LogP contribution in [0.25, 0.3) is 16.0 Å². The van der Waals surface area contributed by atoms with Gasteiger partial charge < -0.3 is 14.9 Å². The van der Waals surface area contributed by atoms with Gasteiger partial charge in [-0.05, 0) is 35.9 Å². The lowest BCUT2D eigenvalue weighted by Gasteiger charge is -2.16. The fourth-order valence-corrected chi connectivity index (χ4v) is 5.49. The number of carbonyl (C=O) groups excluding carboxylic acids is 1. The number of hydrogen-bond donors (Lipinski definition) is 1. The standard InChI is InChI=1S/C24H19F3N6O2/c1-28-24(17-9-29-10-18(17)24)22-20(26)6-13(7-21(22)27)16-3-2-14(8-19(16)25)33-12-15(35-23(33)34)11-32-5-4-30-31-32/h2-8,15,17-18,29H,9-12H2/t15-,17-,18+,24?/m0/s1. The van der Waals surface area contributed by atoms with E-state index < -0.39 is 35.2 Å². The van der Waals surface area contributed by atoms with Gasteiger partial charge in [0.15, 0.2) is 0 Å². The molecule has 3 aromatic rings. The first-order chi connectivity index (χ1) is 16.9. The lowest BCUT2D eigenvalue weighted by molar-refractivity contribution is 0.129. The van der Waals surface area contributed by atoms with Crippen molar-refractivity contribution in [1.82, 2.24) is 20.3 Å². The number of fused-ring (bicyclic) bond motifs is 1. The van der Waals surface area contributed by atoms with Gasteiger partial charge in [0.25, 0.3) is 5.54 Å². The molecule has 1 aromatic heterocycles. The summed E-state index contributed by atoms with van der Waals surface area (Å²) in [4.78, 5) is 17.2. The quantitative estimate of drug-likeness (QED) is 0.567. The predicted octanol–water partition coefficient (Wildman–Crippen LogP) is 3.35. The molecule has 0 spiro atoms. The Labute approximate surface area is 198 Å². The van der Waals surface area contributed by atoms with Crippen molar-refractivity contribution in [1.29, 1.82) is 0 Å². The summed E-state index contributed by atoms with van der Waals surface area (Å²) >= 11 is 0. The maximum Gasteiger partial charge on any atom is 0.414 e. The van der Waals surface area contributed by atoms with Crippen LogP contribution in [0.3, 0.4) is 0 Å². The number of halogens is 3. The SMILES string of the molecule is [C-]#[N+]C1(c2c(F)cc(-c3ccc(N4C[C@H](Cn5ccnn5)OC4=O)cc3F)cc2F)[C@@H]2CNC[C@@H]21. The van der Waals surface area contributed by atoms with E-state index in [0.717, 1.165) is 18.2 Å². The molecule has 6 rings (SSSR count). The van der Waals surface area contributed by atoms with Crippen LogP contribution in [0, 0.1) is 35.9 Å². The molecule has 0 radical (unpaired) electrons. The summed E-state index contributed by atoms with van der Waals surface area (Å²) < 4.78 is 52.2. The van der Waals surface area contributed by atoms with Crippen molar-refractivity contribution in [2.24, 2.45) is 11.8 Å². The van der Waals surface area contributed by atoms with E-state index in [1.165, 1.54) is 27.9 Å². The summed E-state index contributed by atoms with van der Waals surface area (Å²) in [6.07, 6.45) is 2.03. The Morgan fingerprint density at radius 2 is 1.89 bits per heavy atom.